The van der Waals surface area contributed by atoms with Crippen molar-refractivity contribution in [1.29, 1.82) is 0 Å². The SMILES string of the molecule is C1CCCCCCC1.c1ccc2nocc2c1. The zero-order valence-corrected chi connectivity index (χ0v) is 10.4. The first-order valence-electron chi connectivity index (χ1n) is 6.76. The van der Waals surface area contributed by atoms with E-state index in [1.165, 1.54) is 51.4 Å². The Hall–Kier alpha value is -1.31. The number of benzene rings is 1. The molecule has 2 nitrogen and oxygen atoms in total. The van der Waals surface area contributed by atoms with E-state index in [1.54, 1.807) is 6.26 Å². The van der Waals surface area contributed by atoms with Gasteiger partial charge in [-0.1, -0.05) is 68.7 Å². The van der Waals surface area contributed by atoms with Crippen LogP contribution in [0.15, 0.2) is 35.1 Å². The molecule has 17 heavy (non-hydrogen) atoms. The Balaban J connectivity index is 0.000000128. The second kappa shape index (κ2) is 7.10. The first-order valence-corrected chi connectivity index (χ1v) is 6.76. The van der Waals surface area contributed by atoms with E-state index in [0.717, 1.165) is 10.9 Å². The Bertz CT molecular complexity index is 367. The Morgan fingerprint density at radius 1 is 0.765 bits per heavy atom. The molecule has 1 aromatic heterocycles. The standard InChI is InChI=1S/C8H16.C7H5NO/c1-2-4-6-8-7-5-3-1;1-2-4-7-6(3-1)5-9-8-7/h1-8H2;1-5H. The molecule has 1 heterocycles. The highest BCUT2D eigenvalue weighted by Crippen LogP contribution is 2.15. The van der Waals surface area contributed by atoms with Crippen molar-refractivity contribution in [2.75, 3.05) is 0 Å². The zero-order chi connectivity index (χ0) is 11.8. The molecule has 0 atom stereocenters. The lowest BCUT2D eigenvalue weighted by Crippen LogP contribution is -1.85. The molecule has 0 radical (unpaired) electrons. The summed E-state index contributed by atoms with van der Waals surface area (Å²) in [7, 11) is 0. The number of rotatable bonds is 0. The molecule has 2 heteroatoms. The van der Waals surface area contributed by atoms with Crippen molar-refractivity contribution in [2.24, 2.45) is 0 Å². The second-order valence-corrected chi connectivity index (χ2v) is 4.70. The molecule has 0 spiro atoms. The van der Waals surface area contributed by atoms with Gasteiger partial charge in [-0.05, 0) is 12.1 Å². The highest BCUT2D eigenvalue weighted by Gasteiger charge is 1.95. The summed E-state index contributed by atoms with van der Waals surface area (Å²) in [5.41, 5.74) is 0.914. The fourth-order valence-electron chi connectivity index (χ4n) is 2.22. The Labute approximate surface area is 103 Å². The van der Waals surface area contributed by atoms with Gasteiger partial charge in [0, 0.05) is 5.39 Å². The molecule has 2 aromatic rings. The number of aromatic nitrogens is 1. The lowest BCUT2D eigenvalue weighted by Gasteiger charge is -2.05. The molecule has 0 bridgehead atoms. The van der Waals surface area contributed by atoms with Gasteiger partial charge in [0.05, 0.1) is 0 Å². The van der Waals surface area contributed by atoms with Crippen LogP contribution in [-0.2, 0) is 0 Å². The summed E-state index contributed by atoms with van der Waals surface area (Å²) in [4.78, 5) is 0. The summed E-state index contributed by atoms with van der Waals surface area (Å²) in [6, 6.07) is 7.77. The normalized spacial score (nSPS) is 16.7. The van der Waals surface area contributed by atoms with E-state index in [4.69, 9.17) is 4.52 Å². The predicted octanol–water partition coefficient (Wildman–Crippen LogP) is 4.95. The molecule has 0 N–H and O–H groups in total. The Morgan fingerprint density at radius 3 is 1.82 bits per heavy atom. The molecule has 1 aliphatic carbocycles. The van der Waals surface area contributed by atoms with Crippen molar-refractivity contribution in [1.82, 2.24) is 5.16 Å². The fourth-order valence-corrected chi connectivity index (χ4v) is 2.22. The van der Waals surface area contributed by atoms with Crippen LogP contribution in [0.4, 0.5) is 0 Å². The maximum absolute atomic E-state index is 4.71. The predicted molar refractivity (Wildman–Crippen MR) is 70.9 cm³/mol. The Morgan fingerprint density at radius 2 is 1.29 bits per heavy atom. The van der Waals surface area contributed by atoms with Gasteiger partial charge in [0.2, 0.25) is 0 Å². The van der Waals surface area contributed by atoms with Crippen LogP contribution in [0.2, 0.25) is 0 Å². The molecule has 1 aliphatic rings. The highest BCUT2D eigenvalue weighted by molar-refractivity contribution is 5.76. The molecule has 1 fully saturated rings. The summed E-state index contributed by atoms with van der Waals surface area (Å²) in [5, 5.41) is 4.80. The van der Waals surface area contributed by atoms with Crippen molar-refractivity contribution < 1.29 is 4.52 Å². The molecule has 3 rings (SSSR count). The topological polar surface area (TPSA) is 26.0 Å². The van der Waals surface area contributed by atoms with Crippen LogP contribution in [0.5, 0.6) is 0 Å². The van der Waals surface area contributed by atoms with Gasteiger partial charge in [-0.15, -0.1) is 0 Å². The molecule has 0 amide bonds. The number of nitrogens with zero attached hydrogens (tertiary/aromatic N) is 1. The first kappa shape index (κ1) is 12.2. The number of hydrogen-bond donors (Lipinski definition) is 0. The van der Waals surface area contributed by atoms with Crippen molar-refractivity contribution in [3.8, 4) is 0 Å². The van der Waals surface area contributed by atoms with Gasteiger partial charge in [0.1, 0.15) is 11.8 Å². The summed E-state index contributed by atoms with van der Waals surface area (Å²) in [5.74, 6) is 0. The molecular formula is C15H21NO. The fraction of sp³-hybridized carbons (Fsp3) is 0.533. The van der Waals surface area contributed by atoms with E-state index in [1.807, 2.05) is 24.3 Å². The van der Waals surface area contributed by atoms with E-state index in [9.17, 15) is 0 Å². The van der Waals surface area contributed by atoms with Crippen molar-refractivity contribution >= 4 is 10.9 Å². The van der Waals surface area contributed by atoms with Crippen molar-refractivity contribution in [3.63, 3.8) is 0 Å². The van der Waals surface area contributed by atoms with Crippen LogP contribution in [0.25, 0.3) is 10.9 Å². The van der Waals surface area contributed by atoms with Gasteiger partial charge in [0.25, 0.3) is 0 Å². The van der Waals surface area contributed by atoms with E-state index < -0.39 is 0 Å². The quantitative estimate of drug-likeness (QED) is 0.641. The molecule has 0 saturated heterocycles. The average Bonchev–Trinajstić information content (AvgIpc) is 2.76. The van der Waals surface area contributed by atoms with E-state index >= 15 is 0 Å². The third kappa shape index (κ3) is 4.22. The lowest BCUT2D eigenvalue weighted by atomic mass is 10.0. The highest BCUT2D eigenvalue weighted by atomic mass is 16.5. The summed E-state index contributed by atoms with van der Waals surface area (Å²) < 4.78 is 4.71. The molecule has 92 valence electrons. The van der Waals surface area contributed by atoms with Gasteiger partial charge in [-0.25, -0.2) is 0 Å². The van der Waals surface area contributed by atoms with Crippen LogP contribution in [0.3, 0.4) is 0 Å². The maximum atomic E-state index is 4.71. The molecular weight excluding hydrogens is 210 g/mol. The second-order valence-electron chi connectivity index (χ2n) is 4.70. The van der Waals surface area contributed by atoms with Gasteiger partial charge in [-0.3, -0.25) is 0 Å². The van der Waals surface area contributed by atoms with Gasteiger partial charge < -0.3 is 4.52 Å². The number of hydrogen-bond acceptors (Lipinski definition) is 2. The minimum atomic E-state index is 0.914. The van der Waals surface area contributed by atoms with E-state index in [-0.39, 0.29) is 0 Å². The van der Waals surface area contributed by atoms with Crippen LogP contribution in [0.1, 0.15) is 51.4 Å². The minimum absolute atomic E-state index is 0.914. The molecule has 0 unspecified atom stereocenters. The van der Waals surface area contributed by atoms with Crippen LogP contribution >= 0.6 is 0 Å². The van der Waals surface area contributed by atoms with Gasteiger partial charge >= 0.3 is 0 Å². The van der Waals surface area contributed by atoms with Gasteiger partial charge in [-0.2, -0.15) is 0 Å². The Kier molecular flexibility index (Phi) is 5.08. The zero-order valence-electron chi connectivity index (χ0n) is 10.4. The third-order valence-corrected chi connectivity index (χ3v) is 3.27. The molecule has 1 aromatic carbocycles. The largest absolute Gasteiger partial charge is 0.364 e. The van der Waals surface area contributed by atoms with Crippen molar-refractivity contribution in [3.05, 3.63) is 30.5 Å². The lowest BCUT2D eigenvalue weighted by molar-refractivity contribution is 0.428. The van der Waals surface area contributed by atoms with Gasteiger partial charge in [0.15, 0.2) is 0 Å². The van der Waals surface area contributed by atoms with Crippen LogP contribution in [-0.4, -0.2) is 5.16 Å². The van der Waals surface area contributed by atoms with E-state index in [2.05, 4.69) is 5.16 Å². The number of fused-ring (bicyclic) bond motifs is 1. The minimum Gasteiger partial charge on any atom is -0.364 e. The van der Waals surface area contributed by atoms with Crippen molar-refractivity contribution in [2.45, 2.75) is 51.4 Å². The first-order chi connectivity index (χ1) is 8.47. The summed E-state index contributed by atoms with van der Waals surface area (Å²) in [6.45, 7) is 0. The maximum Gasteiger partial charge on any atom is 0.131 e. The smallest absolute Gasteiger partial charge is 0.131 e. The van der Waals surface area contributed by atoms with Crippen LogP contribution < -0.4 is 0 Å². The third-order valence-electron chi connectivity index (χ3n) is 3.27. The monoisotopic (exact) mass is 231 g/mol. The summed E-state index contributed by atoms with van der Waals surface area (Å²) in [6.07, 6.45) is 13.6. The summed E-state index contributed by atoms with van der Waals surface area (Å²) >= 11 is 0. The van der Waals surface area contributed by atoms with E-state index in [0.29, 0.717) is 0 Å². The average molecular weight is 231 g/mol. The molecule has 1 saturated carbocycles. The molecule has 0 aliphatic heterocycles. The van der Waals surface area contributed by atoms with Crippen LogP contribution in [0, 0.1) is 0 Å².